The van der Waals surface area contributed by atoms with Crippen molar-refractivity contribution in [2.24, 2.45) is 35.5 Å². The topological polar surface area (TPSA) is 210 Å². The Bertz CT molecular complexity index is 3490. The van der Waals surface area contributed by atoms with Crippen LogP contribution in [-0.2, 0) is 53.3 Å². The van der Waals surface area contributed by atoms with Gasteiger partial charge in [-0.25, -0.2) is 26.3 Å². The van der Waals surface area contributed by atoms with E-state index in [-0.39, 0.29) is 69.5 Å². The predicted octanol–water partition coefficient (Wildman–Crippen LogP) is 12.3. The van der Waals surface area contributed by atoms with Crippen LogP contribution in [0.3, 0.4) is 0 Å². The van der Waals surface area contributed by atoms with Crippen LogP contribution in [-0.4, -0.2) is 102 Å². The lowest BCUT2D eigenvalue weighted by molar-refractivity contribution is -0.126. The summed E-state index contributed by atoms with van der Waals surface area (Å²) in [5.74, 6) is 0.974. The Morgan fingerprint density at radius 2 is 1.00 bits per heavy atom. The first kappa shape index (κ1) is 67.3. The number of carbonyl (C=O) groups is 4. The van der Waals surface area contributed by atoms with Crippen LogP contribution in [0.4, 0.5) is 11.4 Å². The Hall–Kier alpha value is -6.08. The van der Waals surface area contributed by atoms with E-state index >= 15 is 0 Å². The van der Waals surface area contributed by atoms with E-state index < -0.39 is 42.4 Å². The zero-order valence-electron chi connectivity index (χ0n) is 54.1. The molecule has 4 bridgehead atoms. The van der Waals surface area contributed by atoms with Crippen LogP contribution in [0.25, 0.3) is 0 Å². The number of nitrogens with zero attached hydrogens (tertiary/aromatic N) is 2. The molecular weight excluding hydrogens is 1240 g/mol. The number of allylic oxidation sites excluding steroid dienone is 2. The maximum Gasteiger partial charge on any atom is 0.264 e. The number of ether oxygens (including phenoxy) is 2. The molecule has 10 atom stereocenters. The Morgan fingerprint density at radius 3 is 1.37 bits per heavy atom. The highest BCUT2D eigenvalue weighted by Crippen LogP contribution is 2.49. The summed E-state index contributed by atoms with van der Waals surface area (Å²) in [6.07, 6.45) is 20.7. The van der Waals surface area contributed by atoms with Crippen LogP contribution in [0.2, 0.25) is 10.0 Å². The number of fused-ring (bicyclic) bond motifs is 8. The van der Waals surface area contributed by atoms with Gasteiger partial charge in [0.15, 0.2) is 0 Å². The fourth-order valence-corrected chi connectivity index (χ4v) is 18.9. The number of amides is 4. The van der Waals surface area contributed by atoms with Crippen molar-refractivity contribution in [2.45, 2.75) is 178 Å². The van der Waals surface area contributed by atoms with Crippen LogP contribution in [0, 0.1) is 35.5 Å². The fourth-order valence-electron chi connectivity index (χ4n) is 15.7. The molecule has 4 aromatic rings. The number of nitrogens with one attached hydrogen (secondary N) is 4. The zero-order valence-corrected chi connectivity index (χ0v) is 57.3. The lowest BCUT2D eigenvalue weighted by atomic mass is 9.68. The molecule has 0 saturated heterocycles. The van der Waals surface area contributed by atoms with Crippen LogP contribution in [0.5, 0.6) is 11.5 Å². The van der Waals surface area contributed by atoms with Crippen molar-refractivity contribution >= 4 is 78.3 Å². The molecule has 0 radical (unpaired) electrons. The van der Waals surface area contributed by atoms with Crippen molar-refractivity contribution in [2.75, 3.05) is 49.2 Å². The van der Waals surface area contributed by atoms with Crippen LogP contribution >= 0.6 is 23.2 Å². The minimum atomic E-state index is -3.91. The summed E-state index contributed by atoms with van der Waals surface area (Å²) in [4.78, 5) is 57.5. The number of halogens is 2. The molecule has 4 aromatic carbocycles. The Balaban J connectivity index is 0.000000188. The molecule has 4 N–H and O–H groups in total. The first-order valence-corrected chi connectivity index (χ1v) is 37.5. The van der Waals surface area contributed by atoms with Gasteiger partial charge in [-0.2, -0.15) is 0 Å². The lowest BCUT2D eigenvalue weighted by Gasteiger charge is -2.46. The first-order chi connectivity index (χ1) is 44.0. The minimum Gasteiger partial charge on any atom is -0.490 e. The molecule has 0 unspecified atom stereocenters. The second-order valence-electron chi connectivity index (χ2n) is 28.0. The van der Waals surface area contributed by atoms with E-state index in [4.69, 9.17) is 32.7 Å². The van der Waals surface area contributed by atoms with Gasteiger partial charge in [0.25, 0.3) is 11.8 Å². The summed E-state index contributed by atoms with van der Waals surface area (Å²) < 4.78 is 71.3. The molecule has 4 aliphatic carbocycles. The van der Waals surface area contributed by atoms with Crippen LogP contribution < -0.4 is 39.4 Å². The summed E-state index contributed by atoms with van der Waals surface area (Å²) >= 11 is 12.9. The Kier molecular flexibility index (Phi) is 20.6. The van der Waals surface area contributed by atoms with Gasteiger partial charge in [0, 0.05) is 70.0 Å². The van der Waals surface area contributed by atoms with Crippen molar-refractivity contribution < 1.29 is 45.5 Å². The number of anilines is 2. The van der Waals surface area contributed by atoms with E-state index in [1.807, 2.05) is 78.0 Å². The molecule has 8 aliphatic rings. The number of aryl methyl sites for hydroxylation is 2. The molecule has 20 heteroatoms. The second-order valence-corrected chi connectivity index (χ2v) is 32.8. The summed E-state index contributed by atoms with van der Waals surface area (Å²) in [5.41, 5.74) is 6.64. The zero-order chi connectivity index (χ0) is 65.3. The highest BCUT2D eigenvalue weighted by Gasteiger charge is 2.47. The number of benzene rings is 4. The first-order valence-electron chi connectivity index (χ1n) is 33.7. The third-order valence-corrected chi connectivity index (χ3v) is 25.6. The molecule has 12 rings (SSSR count). The normalized spacial score (nSPS) is 29.8. The van der Waals surface area contributed by atoms with Gasteiger partial charge in [0.1, 0.15) is 11.5 Å². The third-order valence-electron chi connectivity index (χ3n) is 21.3. The van der Waals surface area contributed by atoms with Gasteiger partial charge in [0.05, 0.1) is 47.2 Å². The van der Waals surface area contributed by atoms with E-state index in [1.54, 1.807) is 24.3 Å². The van der Waals surface area contributed by atoms with Gasteiger partial charge in [-0.1, -0.05) is 101 Å². The van der Waals surface area contributed by atoms with Crippen molar-refractivity contribution in [3.63, 3.8) is 0 Å². The summed E-state index contributed by atoms with van der Waals surface area (Å²) in [5, 5.41) is 6.62. The number of rotatable bonds is 6. The Morgan fingerprint density at radius 1 is 0.587 bits per heavy atom. The van der Waals surface area contributed by atoms with E-state index in [1.165, 1.54) is 22.3 Å². The summed E-state index contributed by atoms with van der Waals surface area (Å²) in [6.45, 7) is 15.1. The summed E-state index contributed by atoms with van der Waals surface area (Å²) in [7, 11) is -7.82. The number of sulfonamides is 2. The molecule has 16 nitrogen and oxygen atoms in total. The molecule has 4 aliphatic heterocycles. The molecule has 2 saturated carbocycles. The third kappa shape index (κ3) is 14.4. The average molecular weight is 1340 g/mol. The Labute approximate surface area is 554 Å². The van der Waals surface area contributed by atoms with Gasteiger partial charge in [-0.05, 0) is 209 Å². The fraction of sp³-hybridized carbons (Fsp3) is 0.556. The highest BCUT2D eigenvalue weighted by molar-refractivity contribution is 7.91. The van der Waals surface area contributed by atoms with Crippen molar-refractivity contribution in [1.29, 1.82) is 0 Å². The number of hydrogen-bond donors (Lipinski definition) is 4. The van der Waals surface area contributed by atoms with Gasteiger partial charge >= 0.3 is 0 Å². The molecule has 0 aromatic heterocycles. The predicted molar refractivity (Wildman–Crippen MR) is 364 cm³/mol. The molecule has 92 heavy (non-hydrogen) atoms. The van der Waals surface area contributed by atoms with Crippen LogP contribution in [0.15, 0.2) is 97.1 Å². The number of hydrogen-bond acceptors (Lipinski definition) is 12. The van der Waals surface area contributed by atoms with E-state index in [2.05, 4.69) is 66.3 Å². The maximum atomic E-state index is 13.5. The monoisotopic (exact) mass is 1330 g/mol. The quantitative estimate of drug-likeness (QED) is 0.133. The average Bonchev–Trinajstić information content (AvgIpc) is 1.48. The van der Waals surface area contributed by atoms with Crippen molar-refractivity contribution in [1.82, 2.24) is 20.1 Å². The van der Waals surface area contributed by atoms with E-state index in [0.717, 1.165) is 98.7 Å². The van der Waals surface area contributed by atoms with Crippen LogP contribution in [0.1, 0.15) is 174 Å². The summed E-state index contributed by atoms with van der Waals surface area (Å²) in [6, 6.07) is 22.6. The number of carbonyl (C=O) groups excluding carboxylic acids is 4. The van der Waals surface area contributed by atoms with Crippen molar-refractivity contribution in [3.05, 3.63) is 141 Å². The maximum absolute atomic E-state index is 13.5. The van der Waals surface area contributed by atoms with E-state index in [0.29, 0.717) is 88.2 Å². The minimum absolute atomic E-state index is 0.0148. The molecule has 4 heterocycles. The highest BCUT2D eigenvalue weighted by atomic mass is 35.5. The van der Waals surface area contributed by atoms with Gasteiger partial charge in [0.2, 0.25) is 31.9 Å². The van der Waals surface area contributed by atoms with Gasteiger partial charge in [-0.3, -0.25) is 19.2 Å². The molecule has 496 valence electrons. The van der Waals surface area contributed by atoms with E-state index in [9.17, 15) is 36.0 Å². The molecule has 4 amide bonds. The second kappa shape index (κ2) is 28.1. The van der Waals surface area contributed by atoms with Gasteiger partial charge < -0.3 is 29.9 Å². The largest absolute Gasteiger partial charge is 0.490 e. The SMILES string of the molecule is CC[C@@H]1CC/C=C/[C@@H](NC(=O)C(C)C)[C@@H]2CC[C@H]2CN2C[C@@]3(CCCc4cc(Cl)ccc43)COc3ccc(cc32)C(=O)NS1(=O)=O.CC[C@@H]1CC/C=C\[C@@H](NC(=O)C(C)C)[C@@H]2CC[C@H]2CN2C[C@@]3(CCCc4cc(Cl)ccc43)COc3ccc(cc32)C(=O)NS1(=O)=O. The molecule has 2 fully saturated rings. The van der Waals surface area contributed by atoms with Crippen molar-refractivity contribution in [3.8, 4) is 11.5 Å². The molecular formula is C72H92Cl2N6O10S2. The van der Waals surface area contributed by atoms with Gasteiger partial charge in [-0.15, -0.1) is 0 Å². The molecule has 2 spiro atoms. The smallest absolute Gasteiger partial charge is 0.264 e. The lowest BCUT2D eigenvalue weighted by Crippen LogP contribution is -2.52. The standard InChI is InChI=1S/2C36H46ClN3O5S/c2*1-4-28-9-5-6-10-31(38-34(41)23(2)3)29-14-11-26(29)20-40-21-36(17-7-8-24-18-27(37)13-15-30(24)36)22-45-33-16-12-25(19-32(33)40)35(42)39-46(28,43)44/h2*6,10,12-13,15-16,18-19,23,26,28-29,31H,4-5,7-9,11,14,17,20-22H2,1-3H3,(H,38,41)(H,39,42)/b10-6+;10-6-/t2*26-,28+,29+,31+,36-/m00/s1.